The lowest BCUT2D eigenvalue weighted by atomic mass is 10.3. The van der Waals surface area contributed by atoms with Crippen molar-refractivity contribution in [2.75, 3.05) is 36.4 Å². The van der Waals surface area contributed by atoms with Crippen molar-refractivity contribution >= 4 is 29.0 Å². The molecule has 4 aromatic heterocycles. The van der Waals surface area contributed by atoms with Crippen LogP contribution in [0.4, 0.5) is 21.8 Å². The number of piperazine rings is 1. The number of nitrogens with zero attached hydrogens (tertiary/aromatic N) is 7. The van der Waals surface area contributed by atoms with Crippen molar-refractivity contribution in [1.82, 2.24) is 29.2 Å². The lowest BCUT2D eigenvalue weighted by Gasteiger charge is -2.34. The van der Waals surface area contributed by atoms with Gasteiger partial charge in [0, 0.05) is 39.3 Å². The maximum atomic E-state index is 14.5. The zero-order valence-corrected chi connectivity index (χ0v) is 17.4. The van der Waals surface area contributed by atoms with E-state index in [1.807, 2.05) is 41.4 Å². The van der Waals surface area contributed by atoms with Crippen molar-refractivity contribution in [3.63, 3.8) is 0 Å². The summed E-state index contributed by atoms with van der Waals surface area (Å²) in [5.41, 5.74) is 2.10. The number of imidazole rings is 1. The number of hydrogen-bond donors (Lipinski definition) is 1. The quantitative estimate of drug-likeness (QED) is 0.530. The van der Waals surface area contributed by atoms with Crippen LogP contribution in [0.3, 0.4) is 0 Å². The maximum absolute atomic E-state index is 14.5. The van der Waals surface area contributed by atoms with E-state index in [4.69, 9.17) is 0 Å². The highest BCUT2D eigenvalue weighted by molar-refractivity contribution is 5.73. The molecule has 0 bridgehead atoms. The van der Waals surface area contributed by atoms with Crippen molar-refractivity contribution in [2.45, 2.75) is 6.92 Å². The first kappa shape index (κ1) is 19.9. The minimum Gasteiger partial charge on any atom is -0.353 e. The van der Waals surface area contributed by atoms with Gasteiger partial charge in [0.2, 0.25) is 11.9 Å². The van der Waals surface area contributed by atoms with E-state index in [0.717, 1.165) is 25.1 Å². The first-order valence-electron chi connectivity index (χ1n) is 10.3. The van der Waals surface area contributed by atoms with Gasteiger partial charge in [0.1, 0.15) is 17.2 Å². The number of halogens is 1. The number of amides is 1. The van der Waals surface area contributed by atoms with Crippen LogP contribution in [0.5, 0.6) is 0 Å². The molecule has 162 valence electrons. The second-order valence-corrected chi connectivity index (χ2v) is 7.49. The van der Waals surface area contributed by atoms with E-state index < -0.39 is 5.82 Å². The molecule has 1 amide bonds. The van der Waals surface area contributed by atoms with Crippen LogP contribution in [0.1, 0.15) is 6.92 Å². The van der Waals surface area contributed by atoms with Crippen LogP contribution in [0, 0.1) is 5.82 Å². The van der Waals surface area contributed by atoms with Crippen molar-refractivity contribution in [2.24, 2.45) is 0 Å². The number of nitrogens with one attached hydrogen (secondary N) is 1. The molecule has 32 heavy (non-hydrogen) atoms. The highest BCUT2D eigenvalue weighted by Gasteiger charge is 2.19. The van der Waals surface area contributed by atoms with E-state index in [1.54, 1.807) is 23.7 Å². The number of fused-ring (bicyclic) bond motifs is 1. The van der Waals surface area contributed by atoms with Gasteiger partial charge in [-0.25, -0.2) is 24.3 Å². The summed E-state index contributed by atoms with van der Waals surface area (Å²) in [6.45, 7) is 4.44. The van der Waals surface area contributed by atoms with E-state index in [-0.39, 0.29) is 17.5 Å². The van der Waals surface area contributed by atoms with Crippen LogP contribution < -0.4 is 10.2 Å². The number of carbonyl (C=O) groups excluding carboxylic acids is 1. The Hall–Kier alpha value is -4.08. The molecular formula is C22H21FN8O. The molecular weight excluding hydrogens is 411 g/mol. The van der Waals surface area contributed by atoms with Gasteiger partial charge in [-0.05, 0) is 24.3 Å². The summed E-state index contributed by atoms with van der Waals surface area (Å²) in [6, 6.07) is 9.34. The third kappa shape index (κ3) is 3.82. The fraction of sp³-hybridized carbons (Fsp3) is 0.227. The van der Waals surface area contributed by atoms with Gasteiger partial charge in [0.15, 0.2) is 5.82 Å². The Morgan fingerprint density at radius 1 is 1.00 bits per heavy atom. The fourth-order valence-corrected chi connectivity index (χ4v) is 3.74. The lowest BCUT2D eigenvalue weighted by Crippen LogP contribution is -2.48. The number of anilines is 3. The summed E-state index contributed by atoms with van der Waals surface area (Å²) in [7, 11) is 0. The summed E-state index contributed by atoms with van der Waals surface area (Å²) < 4.78 is 16.3. The second kappa shape index (κ2) is 8.22. The molecule has 4 aromatic rings. The molecule has 0 aromatic carbocycles. The molecule has 5 heterocycles. The fourth-order valence-electron chi connectivity index (χ4n) is 3.74. The Bertz CT molecular complexity index is 1260. The zero-order valence-electron chi connectivity index (χ0n) is 17.4. The van der Waals surface area contributed by atoms with Crippen LogP contribution >= 0.6 is 0 Å². The highest BCUT2D eigenvalue weighted by Crippen LogP contribution is 2.24. The topological polar surface area (TPSA) is 91.6 Å². The van der Waals surface area contributed by atoms with E-state index >= 15 is 0 Å². The Balaban J connectivity index is 1.33. The summed E-state index contributed by atoms with van der Waals surface area (Å²) in [5, 5.41) is 3.08. The van der Waals surface area contributed by atoms with Gasteiger partial charge in [-0.1, -0.05) is 6.07 Å². The molecule has 1 aliphatic heterocycles. The zero-order chi connectivity index (χ0) is 22.1. The molecule has 5 rings (SSSR count). The number of rotatable bonds is 4. The monoisotopic (exact) mass is 432 g/mol. The number of pyridine rings is 2. The van der Waals surface area contributed by atoms with Crippen molar-refractivity contribution in [3.8, 4) is 11.4 Å². The van der Waals surface area contributed by atoms with Crippen LogP contribution in [0.15, 0.2) is 55.1 Å². The third-order valence-electron chi connectivity index (χ3n) is 5.46. The highest BCUT2D eigenvalue weighted by atomic mass is 19.1. The average molecular weight is 432 g/mol. The Morgan fingerprint density at radius 3 is 2.59 bits per heavy atom. The molecule has 9 nitrogen and oxygen atoms in total. The van der Waals surface area contributed by atoms with E-state index in [1.165, 1.54) is 0 Å². The van der Waals surface area contributed by atoms with Crippen LogP contribution in [0.2, 0.25) is 0 Å². The van der Waals surface area contributed by atoms with Gasteiger partial charge >= 0.3 is 0 Å². The summed E-state index contributed by atoms with van der Waals surface area (Å²) >= 11 is 0. The number of hydrogen-bond acceptors (Lipinski definition) is 7. The van der Waals surface area contributed by atoms with Crippen molar-refractivity contribution in [1.29, 1.82) is 0 Å². The molecule has 0 radical (unpaired) electrons. The molecule has 0 saturated carbocycles. The number of aromatic nitrogens is 5. The average Bonchev–Trinajstić information content (AvgIpc) is 3.25. The predicted octanol–water partition coefficient (Wildman–Crippen LogP) is 2.74. The largest absolute Gasteiger partial charge is 0.353 e. The molecule has 10 heteroatoms. The van der Waals surface area contributed by atoms with E-state index in [2.05, 4.69) is 30.2 Å². The van der Waals surface area contributed by atoms with Gasteiger partial charge in [-0.2, -0.15) is 0 Å². The molecule has 0 spiro atoms. The van der Waals surface area contributed by atoms with Gasteiger partial charge in [-0.15, -0.1) is 0 Å². The molecule has 0 unspecified atom stereocenters. The molecule has 1 saturated heterocycles. The van der Waals surface area contributed by atoms with E-state index in [9.17, 15) is 9.18 Å². The van der Waals surface area contributed by atoms with Crippen LogP contribution in [-0.2, 0) is 4.79 Å². The molecule has 1 aliphatic rings. The Morgan fingerprint density at radius 2 is 1.84 bits per heavy atom. The standard InChI is InChI=1S/C22H21FN8O/c1-15(32)29-8-10-30(11-9-29)19-6-5-16(12-24-19)27-22-26-13-17(23)21(28-22)18-14-25-20-4-2-3-7-31(18)20/h2-7,12-14H,8-11H2,1H3,(H,26,27,28). The van der Waals surface area contributed by atoms with Gasteiger partial charge in [0.25, 0.3) is 0 Å². The summed E-state index contributed by atoms with van der Waals surface area (Å²) in [5.74, 6) is 0.668. The lowest BCUT2D eigenvalue weighted by molar-refractivity contribution is -0.129. The smallest absolute Gasteiger partial charge is 0.228 e. The maximum Gasteiger partial charge on any atom is 0.228 e. The second-order valence-electron chi connectivity index (χ2n) is 7.49. The van der Waals surface area contributed by atoms with Crippen molar-refractivity contribution in [3.05, 3.63) is 60.9 Å². The van der Waals surface area contributed by atoms with Gasteiger partial charge in [0.05, 0.1) is 30.0 Å². The minimum atomic E-state index is -0.528. The molecule has 0 atom stereocenters. The van der Waals surface area contributed by atoms with Crippen LogP contribution in [-0.4, -0.2) is 61.3 Å². The summed E-state index contributed by atoms with van der Waals surface area (Å²) in [6.07, 6.45) is 6.23. The van der Waals surface area contributed by atoms with Gasteiger partial charge < -0.3 is 15.1 Å². The van der Waals surface area contributed by atoms with E-state index in [0.29, 0.717) is 30.1 Å². The normalized spacial score (nSPS) is 14.1. The minimum absolute atomic E-state index is 0.0970. The van der Waals surface area contributed by atoms with Crippen LogP contribution in [0.25, 0.3) is 17.0 Å². The number of carbonyl (C=O) groups is 1. The SMILES string of the molecule is CC(=O)N1CCN(c2ccc(Nc3ncc(F)c(-c4cnc5ccccn45)n3)cn2)CC1. The van der Waals surface area contributed by atoms with Crippen molar-refractivity contribution < 1.29 is 9.18 Å². The van der Waals surface area contributed by atoms with Gasteiger partial charge in [-0.3, -0.25) is 9.20 Å². The first-order chi connectivity index (χ1) is 15.6. The molecule has 0 aliphatic carbocycles. The Labute approximate surface area is 183 Å². The third-order valence-corrected chi connectivity index (χ3v) is 5.46. The Kier molecular flexibility index (Phi) is 5.10. The predicted molar refractivity (Wildman–Crippen MR) is 118 cm³/mol. The first-order valence-corrected chi connectivity index (χ1v) is 10.3. The molecule has 1 fully saturated rings. The molecule has 1 N–H and O–H groups in total. The summed E-state index contributed by atoms with van der Waals surface area (Å²) in [4.78, 5) is 32.7.